The Morgan fingerprint density at radius 1 is 0.846 bits per heavy atom. The zero-order chi connectivity index (χ0) is 28.2. The third-order valence-corrected chi connectivity index (χ3v) is 8.59. The summed E-state index contributed by atoms with van der Waals surface area (Å²) in [6.07, 6.45) is 3.38. The van der Waals surface area contributed by atoms with Gasteiger partial charge in [0, 0.05) is 12.1 Å². The van der Waals surface area contributed by atoms with E-state index in [1.54, 1.807) is 0 Å². The fourth-order valence-corrected chi connectivity index (χ4v) is 6.30. The van der Waals surface area contributed by atoms with E-state index in [2.05, 4.69) is 6.92 Å². The highest BCUT2D eigenvalue weighted by Crippen LogP contribution is 2.44. The van der Waals surface area contributed by atoms with E-state index >= 15 is 8.78 Å². The molecule has 2 saturated carbocycles. The second-order valence-corrected chi connectivity index (χ2v) is 11.3. The molecule has 1 atom stereocenters. The molecule has 1 unspecified atom stereocenters. The Hall–Kier alpha value is -2.26. The van der Waals surface area contributed by atoms with Crippen LogP contribution in [0.2, 0.25) is 0 Å². The van der Waals surface area contributed by atoms with Crippen molar-refractivity contribution in [2.75, 3.05) is 13.4 Å². The quantitative estimate of drug-likeness (QED) is 0.235. The number of hydrogen-bond donors (Lipinski definition) is 1. The van der Waals surface area contributed by atoms with Crippen LogP contribution >= 0.6 is 0 Å². The molecule has 0 spiro atoms. The van der Waals surface area contributed by atoms with E-state index in [1.807, 2.05) is 0 Å². The van der Waals surface area contributed by atoms with Crippen molar-refractivity contribution in [3.05, 3.63) is 53.6 Å². The first-order chi connectivity index (χ1) is 18.6. The van der Waals surface area contributed by atoms with E-state index in [1.165, 1.54) is 12.8 Å². The van der Waals surface area contributed by atoms with Gasteiger partial charge in [-0.05, 0) is 86.3 Å². The molecule has 0 radical (unpaired) electrons. The van der Waals surface area contributed by atoms with Gasteiger partial charge in [0.25, 0.3) is 0 Å². The molecule has 0 amide bonds. The summed E-state index contributed by atoms with van der Waals surface area (Å²) in [4.78, 5) is 0. The molecule has 216 valence electrons. The number of aliphatic hydroxyl groups excluding tert-OH is 1. The Kier molecular flexibility index (Phi) is 9.86. The lowest BCUT2D eigenvalue weighted by molar-refractivity contribution is -0.224. The molecule has 0 heterocycles. The molecule has 4 rings (SSSR count). The highest BCUT2D eigenvalue weighted by atomic mass is 19.3. The Morgan fingerprint density at radius 3 is 2.08 bits per heavy atom. The Labute approximate surface area is 225 Å². The number of ether oxygens (including phenoxy) is 2. The number of hydrogen-bond acceptors (Lipinski definition) is 3. The average Bonchev–Trinajstić information content (AvgIpc) is 2.89. The highest BCUT2D eigenvalue weighted by Gasteiger charge is 2.44. The van der Waals surface area contributed by atoms with Crippen molar-refractivity contribution in [1.82, 2.24) is 0 Å². The SMILES string of the molecule is CC1CCC(C(COCO)CC2CCC(C(F)(F)Oc3cc(F)c(-c4ccc(F)c(F)c4)c(F)c3)CC2)CC1. The zero-order valence-corrected chi connectivity index (χ0v) is 22.1. The van der Waals surface area contributed by atoms with Crippen LogP contribution in [0.5, 0.6) is 5.75 Å². The lowest BCUT2D eigenvalue weighted by Crippen LogP contribution is -2.38. The molecule has 2 aromatic rings. The molecule has 39 heavy (non-hydrogen) atoms. The van der Waals surface area contributed by atoms with Crippen LogP contribution in [0, 0.1) is 52.9 Å². The third-order valence-electron chi connectivity index (χ3n) is 8.59. The molecular weight excluding hydrogens is 522 g/mol. The fraction of sp³-hybridized carbons (Fsp3) is 0.600. The van der Waals surface area contributed by atoms with Crippen molar-refractivity contribution in [3.63, 3.8) is 0 Å². The van der Waals surface area contributed by atoms with Crippen LogP contribution in [0.3, 0.4) is 0 Å². The number of benzene rings is 2. The standard InChI is InChI=1S/C30H36F6O3/c1-18-2-6-20(7-3-18)22(16-38-17-37)12-19-4-9-23(10-5-19)30(35,36)39-24-14-27(33)29(28(34)15-24)21-8-11-25(31)26(32)13-21/h8,11,13-15,18-20,22-23,37H,2-7,9-10,12,16-17H2,1H3. The smallest absolute Gasteiger partial charge is 0.400 e. The average molecular weight is 559 g/mol. The number of rotatable bonds is 10. The normalized spacial score (nSPS) is 24.9. The van der Waals surface area contributed by atoms with E-state index in [9.17, 15) is 17.6 Å². The van der Waals surface area contributed by atoms with Gasteiger partial charge in [0.2, 0.25) is 0 Å². The largest absolute Gasteiger partial charge is 0.432 e. The molecule has 0 aliphatic heterocycles. The maximum Gasteiger partial charge on any atom is 0.400 e. The topological polar surface area (TPSA) is 38.7 Å². The Bertz CT molecular complexity index is 1070. The maximum absolute atomic E-state index is 15.1. The van der Waals surface area contributed by atoms with Gasteiger partial charge in [-0.15, -0.1) is 0 Å². The summed E-state index contributed by atoms with van der Waals surface area (Å²) < 4.78 is 96.4. The molecule has 0 aromatic heterocycles. The maximum atomic E-state index is 15.1. The van der Waals surface area contributed by atoms with Crippen LogP contribution < -0.4 is 4.74 Å². The molecule has 3 nitrogen and oxygen atoms in total. The van der Waals surface area contributed by atoms with Gasteiger partial charge in [-0.1, -0.05) is 25.8 Å². The minimum Gasteiger partial charge on any atom is -0.432 e. The van der Waals surface area contributed by atoms with Crippen LogP contribution in [0.25, 0.3) is 11.1 Å². The molecule has 2 aliphatic carbocycles. The number of aliphatic hydroxyl groups is 1. The van der Waals surface area contributed by atoms with Gasteiger partial charge in [0.1, 0.15) is 24.2 Å². The van der Waals surface area contributed by atoms with Crippen molar-refractivity contribution in [1.29, 1.82) is 0 Å². The second-order valence-electron chi connectivity index (χ2n) is 11.3. The van der Waals surface area contributed by atoms with E-state index in [4.69, 9.17) is 14.6 Å². The van der Waals surface area contributed by atoms with Crippen LogP contribution in [0.4, 0.5) is 26.3 Å². The van der Waals surface area contributed by atoms with Crippen molar-refractivity contribution >= 4 is 0 Å². The first-order valence-electron chi connectivity index (χ1n) is 13.8. The van der Waals surface area contributed by atoms with Gasteiger partial charge in [-0.2, -0.15) is 8.78 Å². The molecule has 2 aliphatic rings. The predicted octanol–water partition coefficient (Wildman–Crippen LogP) is 8.49. The lowest BCUT2D eigenvalue weighted by atomic mass is 9.71. The lowest BCUT2D eigenvalue weighted by Gasteiger charge is -2.37. The van der Waals surface area contributed by atoms with Gasteiger partial charge in [-0.25, -0.2) is 17.6 Å². The number of alkyl halides is 2. The van der Waals surface area contributed by atoms with Crippen LogP contribution in [0.15, 0.2) is 30.3 Å². The van der Waals surface area contributed by atoms with E-state index in [0.29, 0.717) is 49.5 Å². The molecule has 2 aromatic carbocycles. The molecule has 0 saturated heterocycles. The van der Waals surface area contributed by atoms with Gasteiger partial charge < -0.3 is 14.6 Å². The van der Waals surface area contributed by atoms with Crippen molar-refractivity contribution in [2.24, 2.45) is 29.6 Å². The summed E-state index contributed by atoms with van der Waals surface area (Å²) in [5.74, 6) is -4.91. The van der Waals surface area contributed by atoms with Crippen LogP contribution in [-0.2, 0) is 4.74 Å². The first kappa shape index (κ1) is 29.7. The minimum absolute atomic E-state index is 0.213. The molecule has 1 N–H and O–H groups in total. The fourth-order valence-electron chi connectivity index (χ4n) is 6.30. The summed E-state index contributed by atoms with van der Waals surface area (Å²) in [7, 11) is 0. The predicted molar refractivity (Wildman–Crippen MR) is 135 cm³/mol. The first-order valence-corrected chi connectivity index (χ1v) is 13.8. The molecular formula is C30H36F6O3. The summed E-state index contributed by atoms with van der Waals surface area (Å²) >= 11 is 0. The third kappa shape index (κ3) is 7.48. The molecule has 9 heteroatoms. The summed E-state index contributed by atoms with van der Waals surface area (Å²) in [6, 6.07) is 3.64. The van der Waals surface area contributed by atoms with Crippen LogP contribution in [0.1, 0.15) is 64.7 Å². The Balaban J connectivity index is 1.36. The summed E-state index contributed by atoms with van der Waals surface area (Å²) in [5.41, 5.74) is -0.914. The minimum atomic E-state index is -3.63. The van der Waals surface area contributed by atoms with Crippen molar-refractivity contribution in [3.8, 4) is 16.9 Å². The van der Waals surface area contributed by atoms with E-state index in [-0.39, 0.29) is 37.0 Å². The van der Waals surface area contributed by atoms with Crippen molar-refractivity contribution in [2.45, 2.75) is 70.8 Å². The second kappa shape index (κ2) is 12.9. The van der Waals surface area contributed by atoms with Gasteiger partial charge >= 0.3 is 6.11 Å². The summed E-state index contributed by atoms with van der Waals surface area (Å²) in [6.45, 7) is 2.38. The monoisotopic (exact) mass is 558 g/mol. The number of halogens is 6. The zero-order valence-electron chi connectivity index (χ0n) is 22.1. The molecule has 0 bridgehead atoms. The summed E-state index contributed by atoms with van der Waals surface area (Å²) in [5, 5.41) is 9.14. The Morgan fingerprint density at radius 2 is 1.49 bits per heavy atom. The van der Waals surface area contributed by atoms with Gasteiger partial charge in [0.05, 0.1) is 18.1 Å². The van der Waals surface area contributed by atoms with Crippen molar-refractivity contribution < 1.29 is 40.9 Å². The van der Waals surface area contributed by atoms with Gasteiger partial charge in [-0.3, -0.25) is 0 Å². The highest BCUT2D eigenvalue weighted by molar-refractivity contribution is 5.66. The van der Waals surface area contributed by atoms with E-state index in [0.717, 1.165) is 31.4 Å². The molecule has 2 fully saturated rings. The van der Waals surface area contributed by atoms with Gasteiger partial charge in [0.15, 0.2) is 11.6 Å². The van der Waals surface area contributed by atoms with Crippen LogP contribution in [-0.4, -0.2) is 24.6 Å². The van der Waals surface area contributed by atoms with E-state index < -0.39 is 46.6 Å².